The Hall–Kier alpha value is 0.564. The minimum atomic E-state index is 0. The summed E-state index contributed by atoms with van der Waals surface area (Å²) in [6, 6.07) is 1.15. The van der Waals surface area contributed by atoms with Crippen molar-refractivity contribution in [3.8, 4) is 0 Å². The van der Waals surface area contributed by atoms with Gasteiger partial charge >= 0.3 is 0 Å². The van der Waals surface area contributed by atoms with Crippen molar-refractivity contribution in [2.24, 2.45) is 11.7 Å². The molecule has 1 heterocycles. The molecule has 1 unspecified atom stereocenters. The van der Waals surface area contributed by atoms with Gasteiger partial charge in [0.1, 0.15) is 0 Å². The summed E-state index contributed by atoms with van der Waals surface area (Å²) < 4.78 is 0. The van der Waals surface area contributed by atoms with Crippen molar-refractivity contribution in [3.63, 3.8) is 0 Å². The molecule has 0 aromatic carbocycles. The zero-order chi connectivity index (χ0) is 11.5. The van der Waals surface area contributed by atoms with Crippen LogP contribution in [-0.2, 0) is 37.5 Å². The predicted octanol–water partition coefficient (Wildman–Crippen LogP) is 1.82. The predicted molar refractivity (Wildman–Crippen MR) is 71.3 cm³/mol. The van der Waals surface area contributed by atoms with Crippen LogP contribution in [0.3, 0.4) is 0 Å². The number of carbonyl (C=O) groups excluding carboxylic acids is 1. The fraction of sp³-hybridized carbons (Fsp3) is 0.786. The third-order valence-electron chi connectivity index (χ3n) is 4.09. The van der Waals surface area contributed by atoms with Crippen LogP contribution in [0, 0.1) is 20.3 Å². The Labute approximate surface area is 137 Å². The molecule has 0 bridgehead atoms. The first-order valence-corrected chi connectivity index (χ1v) is 6.49. The van der Waals surface area contributed by atoms with Gasteiger partial charge in [0.15, 0.2) is 0 Å². The third-order valence-corrected chi connectivity index (χ3v) is 4.09. The van der Waals surface area contributed by atoms with Crippen LogP contribution in [0.5, 0.6) is 0 Å². The summed E-state index contributed by atoms with van der Waals surface area (Å²) in [5, 5.41) is 0. The number of likely N-dealkylation sites (tertiary alicyclic amines) is 1. The number of Topliss-reactive ketones (excluding diaryl/α,β-unsaturated/α-hetero) is 1. The minimum absolute atomic E-state index is 0. The van der Waals surface area contributed by atoms with Gasteiger partial charge in [-0.1, -0.05) is 0 Å². The maximum Gasteiger partial charge on any atom is 0.00965 e. The van der Waals surface area contributed by atoms with Gasteiger partial charge < -0.3 is 29.8 Å². The molecule has 2 rings (SSSR count). The molecule has 2 aliphatic rings. The maximum atomic E-state index is 11.0. The molecule has 1 radical (unpaired) electrons. The third kappa shape index (κ3) is 5.28. The van der Waals surface area contributed by atoms with Crippen molar-refractivity contribution >= 4 is 5.78 Å². The molecule has 18 heavy (non-hydrogen) atoms. The van der Waals surface area contributed by atoms with E-state index in [1.54, 1.807) is 0 Å². The second-order valence-electron chi connectivity index (χ2n) is 5.46. The Morgan fingerprint density at radius 2 is 1.83 bits per heavy atom. The standard InChI is InChI=1S/C13H23N2O.CH3.Y/c1-10(16)8-11-6-7-15(9-11)13-4-2-12(14)3-5-13;;/h11-13H,1-9,14H2;1H3;/q2*-1;. The number of carbonyl (C=O) groups is 1. The molecule has 2 fully saturated rings. The van der Waals surface area contributed by atoms with E-state index in [4.69, 9.17) is 5.73 Å². The molecule has 1 saturated heterocycles. The first kappa shape index (κ1) is 18.6. The molecule has 0 amide bonds. The van der Waals surface area contributed by atoms with Gasteiger partial charge in [-0.2, -0.15) is 0 Å². The summed E-state index contributed by atoms with van der Waals surface area (Å²) in [5.41, 5.74) is 5.92. The molecular formula is C14H26N2OY-2. The molecule has 2 N–H and O–H groups in total. The topological polar surface area (TPSA) is 46.3 Å². The van der Waals surface area contributed by atoms with Gasteiger partial charge in [-0.25, -0.2) is 0 Å². The number of hydrogen-bond donors (Lipinski definition) is 1. The van der Waals surface area contributed by atoms with Crippen molar-refractivity contribution in [1.82, 2.24) is 4.90 Å². The summed E-state index contributed by atoms with van der Waals surface area (Å²) in [6.07, 6.45) is 6.66. The molecular weight excluding hydrogens is 301 g/mol. The van der Waals surface area contributed by atoms with Crippen molar-refractivity contribution in [3.05, 3.63) is 14.4 Å². The van der Waals surface area contributed by atoms with Crippen LogP contribution in [0.1, 0.15) is 38.5 Å². The fourth-order valence-electron chi connectivity index (χ4n) is 3.15. The Morgan fingerprint density at radius 1 is 1.22 bits per heavy atom. The van der Waals surface area contributed by atoms with Gasteiger partial charge in [0.2, 0.25) is 0 Å². The van der Waals surface area contributed by atoms with Gasteiger partial charge in [0.05, 0.1) is 0 Å². The van der Waals surface area contributed by atoms with Crippen molar-refractivity contribution in [2.75, 3.05) is 13.1 Å². The molecule has 1 aliphatic carbocycles. The number of ketones is 1. The molecule has 1 aliphatic heterocycles. The molecule has 3 nitrogen and oxygen atoms in total. The van der Waals surface area contributed by atoms with Gasteiger partial charge in [0, 0.05) is 51.3 Å². The average molecular weight is 327 g/mol. The van der Waals surface area contributed by atoms with Crippen molar-refractivity contribution < 1.29 is 37.5 Å². The van der Waals surface area contributed by atoms with Crippen LogP contribution in [0.25, 0.3) is 0 Å². The summed E-state index contributed by atoms with van der Waals surface area (Å²) in [5.74, 6) is 0.651. The van der Waals surface area contributed by atoms with E-state index in [0.29, 0.717) is 18.4 Å². The molecule has 1 atom stereocenters. The zero-order valence-corrected chi connectivity index (χ0v) is 14.4. The van der Waals surface area contributed by atoms with E-state index in [1.807, 2.05) is 0 Å². The molecule has 103 valence electrons. The van der Waals surface area contributed by atoms with Crippen molar-refractivity contribution in [1.29, 1.82) is 0 Å². The van der Waals surface area contributed by atoms with E-state index < -0.39 is 0 Å². The van der Waals surface area contributed by atoms with E-state index in [0.717, 1.165) is 19.1 Å². The molecule has 0 spiro atoms. The van der Waals surface area contributed by atoms with Crippen LogP contribution in [0.2, 0.25) is 0 Å². The monoisotopic (exact) mass is 327 g/mol. The van der Waals surface area contributed by atoms with E-state index in [2.05, 4.69) is 11.8 Å². The Kier molecular flexibility index (Phi) is 8.95. The zero-order valence-electron chi connectivity index (χ0n) is 11.6. The fourth-order valence-corrected chi connectivity index (χ4v) is 3.15. The average Bonchev–Trinajstić information content (AvgIpc) is 2.66. The summed E-state index contributed by atoms with van der Waals surface area (Å²) in [6.45, 7) is 5.74. The molecule has 4 heteroatoms. The Morgan fingerprint density at radius 3 is 2.39 bits per heavy atom. The molecule has 0 aromatic heterocycles. The van der Waals surface area contributed by atoms with Crippen LogP contribution in [0.15, 0.2) is 0 Å². The van der Waals surface area contributed by atoms with Crippen molar-refractivity contribution in [2.45, 2.75) is 50.6 Å². The van der Waals surface area contributed by atoms with Gasteiger partial charge in [0.25, 0.3) is 0 Å². The normalized spacial score (nSPS) is 32.4. The van der Waals surface area contributed by atoms with E-state index in [9.17, 15) is 4.79 Å². The van der Waals surface area contributed by atoms with E-state index in [1.165, 1.54) is 32.1 Å². The summed E-state index contributed by atoms with van der Waals surface area (Å²) in [7, 11) is 0. The second kappa shape index (κ2) is 8.68. The number of rotatable bonds is 3. The van der Waals surface area contributed by atoms with E-state index >= 15 is 0 Å². The van der Waals surface area contributed by atoms with Crippen LogP contribution < -0.4 is 5.73 Å². The quantitative estimate of drug-likeness (QED) is 0.805. The summed E-state index contributed by atoms with van der Waals surface area (Å²) in [4.78, 5) is 13.5. The first-order valence-electron chi connectivity index (χ1n) is 6.49. The SMILES string of the molecule is [CH2-]C(=O)CC1CCN(C2CCC(N)CC2)C1.[CH3-].[Y]. The molecule has 0 aromatic rings. The van der Waals surface area contributed by atoms with E-state index in [-0.39, 0.29) is 45.9 Å². The van der Waals surface area contributed by atoms with Crippen LogP contribution in [-0.4, -0.2) is 35.9 Å². The van der Waals surface area contributed by atoms with Gasteiger partial charge in [-0.05, 0) is 56.8 Å². The smallest absolute Gasteiger partial charge is 0.00965 e. The number of nitrogens with two attached hydrogens (primary N) is 1. The summed E-state index contributed by atoms with van der Waals surface area (Å²) >= 11 is 0. The van der Waals surface area contributed by atoms with Gasteiger partial charge in [-0.15, -0.1) is 0 Å². The first-order chi connectivity index (χ1) is 7.65. The minimum Gasteiger partial charge on any atom is -0.358 e. The van der Waals surface area contributed by atoms with Crippen LogP contribution >= 0.6 is 0 Å². The largest absolute Gasteiger partial charge is 0.358 e. The van der Waals surface area contributed by atoms with Gasteiger partial charge in [-0.3, -0.25) is 0 Å². The molecule has 1 saturated carbocycles. The maximum absolute atomic E-state index is 11.0. The Bertz CT molecular complexity index is 252. The number of hydrogen-bond acceptors (Lipinski definition) is 3. The second-order valence-corrected chi connectivity index (χ2v) is 5.46. The Balaban J connectivity index is 0.00000144. The number of nitrogens with zero attached hydrogens (tertiary/aromatic N) is 1. The van der Waals surface area contributed by atoms with Crippen LogP contribution in [0.4, 0.5) is 0 Å².